The SMILES string of the molecule is CCCCCC=CCCCCCCCCCCCOCC(COCCCCCCCC)N(C)CC. The monoisotopic (exact) mass is 496 g/mol. The molecule has 0 saturated carbocycles. The molecule has 35 heavy (non-hydrogen) atoms. The molecule has 0 rings (SSSR count). The topological polar surface area (TPSA) is 21.7 Å². The molecule has 3 nitrogen and oxygen atoms in total. The van der Waals surface area contributed by atoms with Crippen LogP contribution in [0.1, 0.15) is 149 Å². The smallest absolute Gasteiger partial charge is 0.0644 e. The predicted molar refractivity (Wildman–Crippen MR) is 157 cm³/mol. The Kier molecular flexibility index (Phi) is 29.5. The predicted octanol–water partition coefficient (Wildman–Crippen LogP) is 9.74. The number of unbranched alkanes of at least 4 members (excludes halogenated alkanes) is 17. The largest absolute Gasteiger partial charge is 0.380 e. The van der Waals surface area contributed by atoms with Crippen molar-refractivity contribution in [3.8, 4) is 0 Å². The van der Waals surface area contributed by atoms with Gasteiger partial charge in [-0.2, -0.15) is 0 Å². The number of nitrogens with zero attached hydrogens (tertiary/aromatic N) is 1. The summed E-state index contributed by atoms with van der Waals surface area (Å²) >= 11 is 0. The van der Waals surface area contributed by atoms with Crippen LogP contribution in [0.2, 0.25) is 0 Å². The van der Waals surface area contributed by atoms with Crippen molar-refractivity contribution in [2.75, 3.05) is 40.0 Å². The molecule has 0 bridgehead atoms. The van der Waals surface area contributed by atoms with Crippen molar-refractivity contribution in [3.63, 3.8) is 0 Å². The first-order valence-corrected chi connectivity index (χ1v) is 15.8. The number of hydrogen-bond acceptors (Lipinski definition) is 3. The third kappa shape index (κ3) is 26.5. The Balaban J connectivity index is 3.48. The number of allylic oxidation sites excluding steroid dienone is 2. The fourth-order valence-corrected chi connectivity index (χ4v) is 4.44. The second-order valence-electron chi connectivity index (χ2n) is 10.6. The van der Waals surface area contributed by atoms with E-state index in [1.165, 1.54) is 128 Å². The Morgan fingerprint density at radius 2 is 0.886 bits per heavy atom. The summed E-state index contributed by atoms with van der Waals surface area (Å²) in [5, 5.41) is 0. The number of ether oxygens (including phenoxy) is 2. The molecule has 3 heteroatoms. The number of hydrogen-bond donors (Lipinski definition) is 0. The molecule has 0 aliphatic rings. The van der Waals surface area contributed by atoms with Crippen LogP contribution >= 0.6 is 0 Å². The lowest BCUT2D eigenvalue weighted by atomic mass is 10.1. The standard InChI is InChI=1S/C32H65NO2/c1-5-8-10-12-14-15-16-17-18-19-20-21-22-23-25-27-29-35-31-32(33(4)7-3)30-34-28-26-24-13-11-9-6-2/h14-15,32H,5-13,16-31H2,1-4H3. The molecule has 0 saturated heterocycles. The third-order valence-corrected chi connectivity index (χ3v) is 7.19. The molecule has 0 aliphatic heterocycles. The van der Waals surface area contributed by atoms with E-state index in [4.69, 9.17) is 9.47 Å². The molecule has 0 aromatic heterocycles. The average Bonchev–Trinajstić information content (AvgIpc) is 2.87. The molecule has 210 valence electrons. The highest BCUT2D eigenvalue weighted by Gasteiger charge is 2.13. The molecule has 1 atom stereocenters. The van der Waals surface area contributed by atoms with Crippen LogP contribution in [-0.2, 0) is 9.47 Å². The van der Waals surface area contributed by atoms with Gasteiger partial charge in [0.25, 0.3) is 0 Å². The average molecular weight is 496 g/mol. The highest BCUT2D eigenvalue weighted by atomic mass is 16.5. The molecule has 0 N–H and O–H groups in total. The van der Waals surface area contributed by atoms with E-state index in [2.05, 4.69) is 44.9 Å². The van der Waals surface area contributed by atoms with Gasteiger partial charge in [0.1, 0.15) is 0 Å². The number of likely N-dealkylation sites (N-methyl/N-ethyl adjacent to an activating group) is 1. The van der Waals surface area contributed by atoms with E-state index in [1.54, 1.807) is 0 Å². The first-order chi connectivity index (χ1) is 17.3. The van der Waals surface area contributed by atoms with Crippen molar-refractivity contribution < 1.29 is 9.47 Å². The maximum Gasteiger partial charge on any atom is 0.0644 e. The fraction of sp³-hybridized carbons (Fsp3) is 0.938. The molecule has 0 heterocycles. The van der Waals surface area contributed by atoms with E-state index in [9.17, 15) is 0 Å². The summed E-state index contributed by atoms with van der Waals surface area (Å²) in [6, 6.07) is 0.386. The van der Waals surface area contributed by atoms with Gasteiger partial charge in [0.15, 0.2) is 0 Å². The van der Waals surface area contributed by atoms with Gasteiger partial charge in [-0.15, -0.1) is 0 Å². The molecule has 0 aromatic carbocycles. The van der Waals surface area contributed by atoms with Crippen molar-refractivity contribution in [3.05, 3.63) is 12.2 Å². The van der Waals surface area contributed by atoms with Gasteiger partial charge in [0.2, 0.25) is 0 Å². The van der Waals surface area contributed by atoms with Crippen LogP contribution in [0.4, 0.5) is 0 Å². The van der Waals surface area contributed by atoms with E-state index < -0.39 is 0 Å². The molecule has 0 aliphatic carbocycles. The highest BCUT2D eigenvalue weighted by Crippen LogP contribution is 2.12. The van der Waals surface area contributed by atoms with Crippen LogP contribution in [0.15, 0.2) is 12.2 Å². The molecular weight excluding hydrogens is 430 g/mol. The maximum atomic E-state index is 6.03. The minimum Gasteiger partial charge on any atom is -0.380 e. The molecule has 0 radical (unpaired) electrons. The van der Waals surface area contributed by atoms with Crippen LogP contribution in [-0.4, -0.2) is 51.0 Å². The summed E-state index contributed by atoms with van der Waals surface area (Å²) in [5.74, 6) is 0. The summed E-state index contributed by atoms with van der Waals surface area (Å²) in [6.45, 7) is 11.2. The second kappa shape index (κ2) is 29.8. The lowest BCUT2D eigenvalue weighted by molar-refractivity contribution is 0.0135. The minimum atomic E-state index is 0.386. The molecule has 0 aromatic rings. The molecule has 0 fully saturated rings. The van der Waals surface area contributed by atoms with Gasteiger partial charge < -0.3 is 9.47 Å². The molecular formula is C32H65NO2. The van der Waals surface area contributed by atoms with Crippen LogP contribution < -0.4 is 0 Å². The second-order valence-corrected chi connectivity index (χ2v) is 10.6. The Hall–Kier alpha value is -0.380. The van der Waals surface area contributed by atoms with E-state index >= 15 is 0 Å². The van der Waals surface area contributed by atoms with Crippen molar-refractivity contribution in [1.82, 2.24) is 4.90 Å². The Bertz CT molecular complexity index is 412. The van der Waals surface area contributed by atoms with Gasteiger partial charge in [-0.25, -0.2) is 0 Å². The Morgan fingerprint density at radius 1 is 0.514 bits per heavy atom. The third-order valence-electron chi connectivity index (χ3n) is 7.19. The maximum absolute atomic E-state index is 6.03. The van der Waals surface area contributed by atoms with Crippen LogP contribution in [0.25, 0.3) is 0 Å². The minimum absolute atomic E-state index is 0.386. The first-order valence-electron chi connectivity index (χ1n) is 15.8. The summed E-state index contributed by atoms with van der Waals surface area (Å²) < 4.78 is 12.0. The van der Waals surface area contributed by atoms with Gasteiger partial charge in [-0.05, 0) is 52.1 Å². The summed E-state index contributed by atoms with van der Waals surface area (Å²) in [5.41, 5.74) is 0. The van der Waals surface area contributed by atoms with Crippen molar-refractivity contribution >= 4 is 0 Å². The van der Waals surface area contributed by atoms with Gasteiger partial charge >= 0.3 is 0 Å². The molecule has 1 unspecified atom stereocenters. The summed E-state index contributed by atoms with van der Waals surface area (Å²) in [6.07, 6.45) is 31.7. The van der Waals surface area contributed by atoms with Crippen molar-refractivity contribution in [2.24, 2.45) is 0 Å². The highest BCUT2D eigenvalue weighted by molar-refractivity contribution is 4.81. The van der Waals surface area contributed by atoms with Gasteiger partial charge in [0, 0.05) is 13.2 Å². The van der Waals surface area contributed by atoms with Crippen molar-refractivity contribution in [1.29, 1.82) is 0 Å². The van der Waals surface area contributed by atoms with Crippen LogP contribution in [0, 0.1) is 0 Å². The van der Waals surface area contributed by atoms with E-state index in [1.807, 2.05) is 0 Å². The fourth-order valence-electron chi connectivity index (χ4n) is 4.44. The first kappa shape index (κ1) is 34.6. The van der Waals surface area contributed by atoms with E-state index in [-0.39, 0.29) is 0 Å². The van der Waals surface area contributed by atoms with E-state index in [0.29, 0.717) is 6.04 Å². The summed E-state index contributed by atoms with van der Waals surface area (Å²) in [4.78, 5) is 2.37. The zero-order valence-corrected chi connectivity index (χ0v) is 24.7. The lowest BCUT2D eigenvalue weighted by Crippen LogP contribution is -2.39. The zero-order chi connectivity index (χ0) is 25.7. The van der Waals surface area contributed by atoms with Gasteiger partial charge in [0.05, 0.1) is 19.3 Å². The molecule has 0 amide bonds. The van der Waals surface area contributed by atoms with Crippen molar-refractivity contribution in [2.45, 2.75) is 155 Å². The molecule has 0 spiro atoms. The van der Waals surface area contributed by atoms with Crippen LogP contribution in [0.3, 0.4) is 0 Å². The summed E-state index contributed by atoms with van der Waals surface area (Å²) in [7, 11) is 2.19. The normalized spacial score (nSPS) is 12.8. The Labute approximate surface area is 221 Å². The van der Waals surface area contributed by atoms with Gasteiger partial charge in [-0.1, -0.05) is 123 Å². The lowest BCUT2D eigenvalue weighted by Gasteiger charge is -2.26. The Morgan fingerprint density at radius 3 is 1.34 bits per heavy atom. The van der Waals surface area contributed by atoms with Crippen LogP contribution in [0.5, 0.6) is 0 Å². The number of rotatable bonds is 29. The van der Waals surface area contributed by atoms with Gasteiger partial charge in [-0.3, -0.25) is 4.90 Å². The quantitative estimate of drug-likeness (QED) is 0.0761. The van der Waals surface area contributed by atoms with E-state index in [0.717, 1.165) is 33.0 Å². The zero-order valence-electron chi connectivity index (χ0n) is 24.7.